The highest BCUT2D eigenvalue weighted by molar-refractivity contribution is 9.10. The Bertz CT molecular complexity index is 419. The van der Waals surface area contributed by atoms with Crippen molar-refractivity contribution < 1.29 is 0 Å². The average Bonchev–Trinajstić information content (AvgIpc) is 2.58. The van der Waals surface area contributed by atoms with Crippen LogP contribution in [0.1, 0.15) is 46.0 Å². The molecular weight excluding hydrogens is 322 g/mol. The lowest BCUT2D eigenvalue weighted by Crippen LogP contribution is -2.19. The van der Waals surface area contributed by atoms with E-state index in [1.54, 1.807) is 0 Å². The SMILES string of the molecule is CC(C)C1CCCC(Nc2ccc(Cl)cc2Br)CC1. The van der Waals surface area contributed by atoms with Crippen LogP contribution in [0.4, 0.5) is 5.69 Å². The summed E-state index contributed by atoms with van der Waals surface area (Å²) in [6, 6.07) is 6.57. The summed E-state index contributed by atoms with van der Waals surface area (Å²) < 4.78 is 1.06. The fourth-order valence-electron chi connectivity index (χ4n) is 2.97. The van der Waals surface area contributed by atoms with Gasteiger partial charge in [-0.05, 0) is 65.2 Å². The Kier molecular flexibility index (Phi) is 5.58. The van der Waals surface area contributed by atoms with E-state index >= 15 is 0 Å². The summed E-state index contributed by atoms with van der Waals surface area (Å²) in [7, 11) is 0. The van der Waals surface area contributed by atoms with Crippen LogP contribution in [0, 0.1) is 11.8 Å². The van der Waals surface area contributed by atoms with E-state index in [1.807, 2.05) is 12.1 Å². The van der Waals surface area contributed by atoms with Crippen molar-refractivity contribution in [2.24, 2.45) is 11.8 Å². The molecule has 0 amide bonds. The zero-order valence-electron chi connectivity index (χ0n) is 11.8. The average molecular weight is 345 g/mol. The van der Waals surface area contributed by atoms with Gasteiger partial charge in [-0.15, -0.1) is 0 Å². The highest BCUT2D eigenvalue weighted by Crippen LogP contribution is 2.32. The normalized spacial score (nSPS) is 24.3. The lowest BCUT2D eigenvalue weighted by atomic mass is 9.89. The Labute approximate surface area is 130 Å². The van der Waals surface area contributed by atoms with Crippen molar-refractivity contribution in [3.8, 4) is 0 Å². The van der Waals surface area contributed by atoms with E-state index < -0.39 is 0 Å². The maximum absolute atomic E-state index is 5.98. The van der Waals surface area contributed by atoms with Gasteiger partial charge in [-0.2, -0.15) is 0 Å². The third kappa shape index (κ3) is 4.39. The molecule has 3 heteroatoms. The van der Waals surface area contributed by atoms with Crippen LogP contribution in [0.5, 0.6) is 0 Å². The quantitative estimate of drug-likeness (QED) is 0.651. The number of hydrogen-bond donors (Lipinski definition) is 1. The van der Waals surface area contributed by atoms with Gasteiger partial charge in [0, 0.05) is 21.2 Å². The molecule has 1 aromatic rings. The van der Waals surface area contributed by atoms with E-state index in [-0.39, 0.29) is 0 Å². The van der Waals surface area contributed by atoms with Gasteiger partial charge in [0.2, 0.25) is 0 Å². The van der Waals surface area contributed by atoms with Crippen LogP contribution in [-0.4, -0.2) is 6.04 Å². The topological polar surface area (TPSA) is 12.0 Å². The minimum absolute atomic E-state index is 0.598. The minimum atomic E-state index is 0.598. The van der Waals surface area contributed by atoms with Crippen LogP contribution < -0.4 is 5.32 Å². The molecule has 2 atom stereocenters. The van der Waals surface area contributed by atoms with Crippen molar-refractivity contribution in [2.75, 3.05) is 5.32 Å². The highest BCUT2D eigenvalue weighted by atomic mass is 79.9. The molecule has 0 aromatic heterocycles. The second kappa shape index (κ2) is 6.99. The minimum Gasteiger partial charge on any atom is -0.381 e. The van der Waals surface area contributed by atoms with Gasteiger partial charge < -0.3 is 5.32 Å². The fourth-order valence-corrected chi connectivity index (χ4v) is 3.76. The molecule has 0 bridgehead atoms. The summed E-state index contributed by atoms with van der Waals surface area (Å²) in [5, 5.41) is 4.45. The molecule has 0 heterocycles. The lowest BCUT2D eigenvalue weighted by Gasteiger charge is -2.20. The molecule has 0 radical (unpaired) electrons. The molecule has 1 aromatic carbocycles. The van der Waals surface area contributed by atoms with Gasteiger partial charge in [0.25, 0.3) is 0 Å². The number of anilines is 1. The zero-order valence-corrected chi connectivity index (χ0v) is 14.1. The van der Waals surface area contributed by atoms with E-state index in [0.29, 0.717) is 6.04 Å². The first kappa shape index (κ1) is 15.2. The van der Waals surface area contributed by atoms with Crippen molar-refractivity contribution >= 4 is 33.2 Å². The molecular formula is C16H23BrClN. The van der Waals surface area contributed by atoms with Crippen LogP contribution in [-0.2, 0) is 0 Å². The summed E-state index contributed by atoms with van der Waals surface area (Å²) >= 11 is 9.56. The molecule has 1 nitrogen and oxygen atoms in total. The molecule has 0 spiro atoms. The predicted octanol–water partition coefficient (Wildman–Crippen LogP) is 6.12. The molecule has 1 fully saturated rings. The van der Waals surface area contributed by atoms with Crippen molar-refractivity contribution in [2.45, 2.75) is 52.0 Å². The van der Waals surface area contributed by atoms with Crippen molar-refractivity contribution in [1.82, 2.24) is 0 Å². The molecule has 0 saturated heterocycles. The van der Waals surface area contributed by atoms with Crippen LogP contribution in [0.3, 0.4) is 0 Å². The predicted molar refractivity (Wildman–Crippen MR) is 88.0 cm³/mol. The maximum atomic E-state index is 5.98. The number of halogens is 2. The smallest absolute Gasteiger partial charge is 0.0487 e. The van der Waals surface area contributed by atoms with E-state index in [1.165, 1.54) is 32.1 Å². The Morgan fingerprint density at radius 3 is 2.68 bits per heavy atom. The van der Waals surface area contributed by atoms with Gasteiger partial charge in [0.05, 0.1) is 0 Å². The third-order valence-electron chi connectivity index (χ3n) is 4.25. The molecule has 0 aliphatic heterocycles. The van der Waals surface area contributed by atoms with Crippen LogP contribution in [0.15, 0.2) is 22.7 Å². The van der Waals surface area contributed by atoms with Crippen molar-refractivity contribution in [3.05, 3.63) is 27.7 Å². The zero-order chi connectivity index (χ0) is 13.8. The van der Waals surface area contributed by atoms with E-state index in [9.17, 15) is 0 Å². The monoisotopic (exact) mass is 343 g/mol. The van der Waals surface area contributed by atoms with Crippen LogP contribution >= 0.6 is 27.5 Å². The fraction of sp³-hybridized carbons (Fsp3) is 0.625. The molecule has 106 valence electrons. The second-order valence-corrected chi connectivity index (χ2v) is 7.27. The van der Waals surface area contributed by atoms with Crippen LogP contribution in [0.2, 0.25) is 5.02 Å². The van der Waals surface area contributed by atoms with E-state index in [0.717, 1.165) is 27.0 Å². The molecule has 2 rings (SSSR count). The first-order chi connectivity index (χ1) is 9.06. The molecule has 19 heavy (non-hydrogen) atoms. The summed E-state index contributed by atoms with van der Waals surface area (Å²) in [4.78, 5) is 0. The third-order valence-corrected chi connectivity index (χ3v) is 5.14. The summed E-state index contributed by atoms with van der Waals surface area (Å²) in [5.41, 5.74) is 1.16. The number of hydrogen-bond acceptors (Lipinski definition) is 1. The summed E-state index contributed by atoms with van der Waals surface area (Å²) in [6.07, 6.45) is 6.63. The molecule has 1 aliphatic carbocycles. The number of rotatable bonds is 3. The van der Waals surface area contributed by atoms with Crippen molar-refractivity contribution in [3.63, 3.8) is 0 Å². The Hall–Kier alpha value is -0.210. The standard InChI is InChI=1S/C16H23BrClN/c1-11(2)12-4-3-5-14(8-6-12)19-16-9-7-13(18)10-15(16)17/h7,9-12,14,19H,3-6,8H2,1-2H3. The second-order valence-electron chi connectivity index (χ2n) is 5.98. The first-order valence-electron chi connectivity index (χ1n) is 7.28. The summed E-state index contributed by atoms with van der Waals surface area (Å²) in [5.74, 6) is 1.72. The molecule has 2 unspecified atom stereocenters. The molecule has 1 aliphatic rings. The Morgan fingerprint density at radius 1 is 1.21 bits per heavy atom. The molecule has 1 saturated carbocycles. The van der Waals surface area contributed by atoms with Crippen molar-refractivity contribution in [1.29, 1.82) is 0 Å². The Balaban J connectivity index is 1.96. The van der Waals surface area contributed by atoms with Gasteiger partial charge in [0.1, 0.15) is 0 Å². The largest absolute Gasteiger partial charge is 0.381 e. The Morgan fingerprint density at radius 2 is 2.00 bits per heavy atom. The lowest BCUT2D eigenvalue weighted by molar-refractivity contribution is 0.341. The van der Waals surface area contributed by atoms with Gasteiger partial charge in [0.15, 0.2) is 0 Å². The van der Waals surface area contributed by atoms with E-state index in [2.05, 4.69) is 41.2 Å². The highest BCUT2D eigenvalue weighted by Gasteiger charge is 2.21. The van der Waals surface area contributed by atoms with Gasteiger partial charge in [-0.3, -0.25) is 0 Å². The van der Waals surface area contributed by atoms with Gasteiger partial charge in [-0.1, -0.05) is 38.3 Å². The number of nitrogens with one attached hydrogen (secondary N) is 1. The van der Waals surface area contributed by atoms with E-state index in [4.69, 9.17) is 11.6 Å². The van der Waals surface area contributed by atoms with Crippen LogP contribution in [0.25, 0.3) is 0 Å². The molecule has 1 N–H and O–H groups in total. The summed E-state index contributed by atoms with van der Waals surface area (Å²) in [6.45, 7) is 4.71. The van der Waals surface area contributed by atoms with Gasteiger partial charge in [-0.25, -0.2) is 0 Å². The maximum Gasteiger partial charge on any atom is 0.0487 e. The van der Waals surface area contributed by atoms with Gasteiger partial charge >= 0.3 is 0 Å². The number of benzene rings is 1. The first-order valence-corrected chi connectivity index (χ1v) is 8.45.